The Morgan fingerprint density at radius 3 is 2.37 bits per heavy atom. The number of nitrogens with two attached hydrogens (primary N) is 1. The third-order valence-electron chi connectivity index (χ3n) is 5.27. The van der Waals surface area contributed by atoms with Gasteiger partial charge in [0.05, 0.1) is 0 Å². The van der Waals surface area contributed by atoms with Crippen LogP contribution in [-0.4, -0.2) is 23.1 Å². The third kappa shape index (κ3) is 3.54. The highest BCUT2D eigenvalue weighted by atomic mass is 19.1. The molecule has 1 aliphatic rings. The maximum absolute atomic E-state index is 14.6. The van der Waals surface area contributed by atoms with E-state index in [2.05, 4.69) is 22.1 Å². The molecule has 7 heteroatoms. The summed E-state index contributed by atoms with van der Waals surface area (Å²) in [5.74, 6) is 0.0178. The summed E-state index contributed by atoms with van der Waals surface area (Å²) in [6.07, 6.45) is 6.38. The second kappa shape index (κ2) is 8.18. The Hall–Kier alpha value is -3.97. The number of hydrogen-bond acceptors (Lipinski definition) is 6. The fourth-order valence-corrected chi connectivity index (χ4v) is 3.87. The largest absolute Gasteiger partial charge is 0.383 e. The van der Waals surface area contributed by atoms with E-state index in [0.717, 1.165) is 37.9 Å². The highest BCUT2D eigenvalue weighted by Gasteiger charge is 2.25. The lowest BCUT2D eigenvalue weighted by atomic mass is 9.93. The summed E-state index contributed by atoms with van der Waals surface area (Å²) in [5, 5.41) is 19.7. The second-order valence-electron chi connectivity index (χ2n) is 7.19. The predicted molar refractivity (Wildman–Crippen MR) is 113 cm³/mol. The molecule has 0 atom stereocenters. The molecule has 0 bridgehead atoms. The molecular formula is C23H19FN6. The van der Waals surface area contributed by atoms with E-state index in [1.54, 1.807) is 24.5 Å². The Morgan fingerprint density at radius 1 is 0.967 bits per heavy atom. The average molecular weight is 398 g/mol. The number of pyridine rings is 2. The fraction of sp³-hybridized carbons (Fsp3) is 0.217. The van der Waals surface area contributed by atoms with Gasteiger partial charge in [-0.2, -0.15) is 10.5 Å². The zero-order chi connectivity index (χ0) is 21.1. The van der Waals surface area contributed by atoms with Crippen LogP contribution in [0.3, 0.4) is 0 Å². The normalized spacial score (nSPS) is 13.5. The number of nitrogens with zero attached hydrogens (tertiary/aromatic N) is 5. The quantitative estimate of drug-likeness (QED) is 0.707. The van der Waals surface area contributed by atoms with Crippen molar-refractivity contribution in [1.82, 2.24) is 9.97 Å². The SMILES string of the molecule is N#Cc1c(N)nc(N2CCCCC2)c(C#N)c1-c1cc(F)cc(-c2cccnc2)c1. The lowest BCUT2D eigenvalue weighted by Gasteiger charge is -2.29. The number of nitrogen functional groups attached to an aromatic ring is 1. The monoisotopic (exact) mass is 398 g/mol. The van der Waals surface area contributed by atoms with Gasteiger partial charge in [-0.05, 0) is 54.7 Å². The summed E-state index contributed by atoms with van der Waals surface area (Å²) < 4.78 is 14.6. The molecule has 0 amide bonds. The van der Waals surface area contributed by atoms with Crippen molar-refractivity contribution >= 4 is 11.6 Å². The van der Waals surface area contributed by atoms with E-state index in [9.17, 15) is 14.9 Å². The van der Waals surface area contributed by atoms with Crippen LogP contribution in [0.25, 0.3) is 22.3 Å². The van der Waals surface area contributed by atoms with Crippen molar-refractivity contribution in [2.24, 2.45) is 0 Å². The molecular weight excluding hydrogens is 379 g/mol. The van der Waals surface area contributed by atoms with Gasteiger partial charge in [0.25, 0.3) is 0 Å². The van der Waals surface area contributed by atoms with E-state index < -0.39 is 5.82 Å². The van der Waals surface area contributed by atoms with Crippen LogP contribution in [0.1, 0.15) is 30.4 Å². The van der Waals surface area contributed by atoms with Crippen LogP contribution in [0.4, 0.5) is 16.0 Å². The molecule has 1 fully saturated rings. The predicted octanol–water partition coefficient (Wildman–Crippen LogP) is 4.27. The number of benzene rings is 1. The van der Waals surface area contributed by atoms with E-state index in [-0.39, 0.29) is 16.9 Å². The lowest BCUT2D eigenvalue weighted by molar-refractivity contribution is 0.573. The summed E-state index contributed by atoms with van der Waals surface area (Å²) in [6.45, 7) is 1.52. The summed E-state index contributed by atoms with van der Waals surface area (Å²) in [4.78, 5) is 10.5. The molecule has 0 radical (unpaired) electrons. The zero-order valence-corrected chi connectivity index (χ0v) is 16.3. The second-order valence-corrected chi connectivity index (χ2v) is 7.19. The van der Waals surface area contributed by atoms with Gasteiger partial charge in [0.1, 0.15) is 40.7 Å². The first-order valence-electron chi connectivity index (χ1n) is 9.72. The van der Waals surface area contributed by atoms with Gasteiger partial charge in [-0.25, -0.2) is 9.37 Å². The molecule has 2 N–H and O–H groups in total. The van der Waals surface area contributed by atoms with Crippen LogP contribution in [0.2, 0.25) is 0 Å². The first-order valence-corrected chi connectivity index (χ1v) is 9.72. The summed E-state index contributed by atoms with van der Waals surface area (Å²) in [7, 11) is 0. The van der Waals surface area contributed by atoms with E-state index in [1.165, 1.54) is 12.1 Å². The van der Waals surface area contributed by atoms with Crippen molar-refractivity contribution < 1.29 is 4.39 Å². The molecule has 0 spiro atoms. The van der Waals surface area contributed by atoms with Crippen molar-refractivity contribution in [3.8, 4) is 34.4 Å². The number of anilines is 2. The Morgan fingerprint density at radius 2 is 1.70 bits per heavy atom. The number of halogens is 1. The van der Waals surface area contributed by atoms with Gasteiger partial charge >= 0.3 is 0 Å². The van der Waals surface area contributed by atoms with Crippen molar-refractivity contribution in [2.75, 3.05) is 23.7 Å². The van der Waals surface area contributed by atoms with Gasteiger partial charge in [0.2, 0.25) is 0 Å². The number of rotatable bonds is 3. The zero-order valence-electron chi connectivity index (χ0n) is 16.3. The van der Waals surface area contributed by atoms with Crippen LogP contribution in [-0.2, 0) is 0 Å². The van der Waals surface area contributed by atoms with E-state index >= 15 is 0 Å². The van der Waals surface area contributed by atoms with E-state index in [4.69, 9.17) is 5.73 Å². The minimum atomic E-state index is -0.478. The maximum Gasteiger partial charge on any atom is 0.149 e. The Kier molecular flexibility index (Phi) is 5.28. The minimum absolute atomic E-state index is 0.0410. The molecule has 3 aromatic rings. The van der Waals surface area contributed by atoms with Crippen LogP contribution < -0.4 is 10.6 Å². The Bertz CT molecular complexity index is 1170. The van der Waals surface area contributed by atoms with Crippen molar-refractivity contribution in [3.05, 3.63) is 59.7 Å². The molecule has 4 rings (SSSR count). The number of piperidine rings is 1. The van der Waals surface area contributed by atoms with Gasteiger partial charge in [0, 0.05) is 36.6 Å². The highest BCUT2D eigenvalue weighted by Crippen LogP contribution is 2.38. The van der Waals surface area contributed by atoms with E-state index in [0.29, 0.717) is 22.5 Å². The first-order chi connectivity index (χ1) is 14.6. The topological polar surface area (TPSA) is 103 Å². The summed E-state index contributed by atoms with van der Waals surface area (Å²) >= 11 is 0. The van der Waals surface area contributed by atoms with Crippen LogP contribution in [0, 0.1) is 28.5 Å². The Labute approximate surface area is 174 Å². The fourth-order valence-electron chi connectivity index (χ4n) is 3.87. The molecule has 30 heavy (non-hydrogen) atoms. The van der Waals surface area contributed by atoms with Gasteiger partial charge in [-0.15, -0.1) is 0 Å². The van der Waals surface area contributed by atoms with Gasteiger partial charge in [-0.3, -0.25) is 4.98 Å². The number of nitriles is 2. The van der Waals surface area contributed by atoms with Crippen LogP contribution in [0.15, 0.2) is 42.7 Å². The van der Waals surface area contributed by atoms with Crippen LogP contribution >= 0.6 is 0 Å². The lowest BCUT2D eigenvalue weighted by Crippen LogP contribution is -2.31. The third-order valence-corrected chi connectivity index (χ3v) is 5.27. The molecule has 2 aromatic heterocycles. The molecule has 1 aromatic carbocycles. The minimum Gasteiger partial charge on any atom is -0.383 e. The van der Waals surface area contributed by atoms with Crippen LogP contribution in [0.5, 0.6) is 0 Å². The first kappa shape index (κ1) is 19.4. The number of hydrogen-bond donors (Lipinski definition) is 1. The van der Waals surface area contributed by atoms with Gasteiger partial charge < -0.3 is 10.6 Å². The standard InChI is InChI=1S/C23H19FN6/c24-18-10-16(15-5-4-6-28-14-15)9-17(11-18)21-19(12-25)22(27)29-23(20(21)13-26)30-7-2-1-3-8-30/h4-6,9-11,14H,1-3,7-8H2,(H2,27,29). The number of aromatic nitrogens is 2. The van der Waals surface area contributed by atoms with Crippen molar-refractivity contribution in [3.63, 3.8) is 0 Å². The summed E-state index contributed by atoms with van der Waals surface area (Å²) in [5.41, 5.74) is 8.49. The maximum atomic E-state index is 14.6. The molecule has 0 unspecified atom stereocenters. The summed E-state index contributed by atoms with van der Waals surface area (Å²) in [6, 6.07) is 12.3. The molecule has 1 saturated heterocycles. The van der Waals surface area contributed by atoms with Gasteiger partial charge in [0.15, 0.2) is 0 Å². The molecule has 0 saturated carbocycles. The van der Waals surface area contributed by atoms with Gasteiger partial charge in [-0.1, -0.05) is 6.07 Å². The molecule has 148 valence electrons. The molecule has 3 heterocycles. The smallest absolute Gasteiger partial charge is 0.149 e. The highest BCUT2D eigenvalue weighted by molar-refractivity contribution is 5.87. The van der Waals surface area contributed by atoms with Crippen molar-refractivity contribution in [1.29, 1.82) is 10.5 Å². The molecule has 6 nitrogen and oxygen atoms in total. The van der Waals surface area contributed by atoms with E-state index in [1.807, 2.05) is 11.0 Å². The van der Waals surface area contributed by atoms with Crippen molar-refractivity contribution in [2.45, 2.75) is 19.3 Å². The molecule has 1 aliphatic heterocycles. The molecule has 0 aliphatic carbocycles. The average Bonchev–Trinajstić information content (AvgIpc) is 2.79. The Balaban J connectivity index is 1.96.